The van der Waals surface area contributed by atoms with Crippen LogP contribution in [0, 0.1) is 19.7 Å². The van der Waals surface area contributed by atoms with Crippen LogP contribution in [-0.2, 0) is 0 Å². The second kappa shape index (κ2) is 4.36. The molecule has 1 rings (SSSR count). The summed E-state index contributed by atoms with van der Waals surface area (Å²) in [6, 6.07) is 3.37. The quantitative estimate of drug-likeness (QED) is 0.674. The highest BCUT2D eigenvalue weighted by Crippen LogP contribution is 2.17. The highest BCUT2D eigenvalue weighted by Gasteiger charge is 2.12. The van der Waals surface area contributed by atoms with Crippen LogP contribution in [0.4, 0.5) is 4.39 Å². The fraction of sp³-hybridized carbons (Fsp3) is 0.417. The van der Waals surface area contributed by atoms with E-state index < -0.39 is 0 Å². The van der Waals surface area contributed by atoms with Gasteiger partial charge in [-0.1, -0.05) is 13.0 Å². The molecular weight excluding hydrogens is 179 g/mol. The van der Waals surface area contributed by atoms with Crippen molar-refractivity contribution in [1.82, 2.24) is 0 Å². The van der Waals surface area contributed by atoms with E-state index in [4.69, 9.17) is 0 Å². The van der Waals surface area contributed by atoms with Gasteiger partial charge in [0.05, 0.1) is 5.56 Å². The molecule has 0 amide bonds. The second-order valence-corrected chi connectivity index (χ2v) is 3.62. The molecule has 1 nitrogen and oxygen atoms in total. The molecule has 0 aliphatic carbocycles. The van der Waals surface area contributed by atoms with E-state index in [0.717, 1.165) is 12.0 Å². The minimum atomic E-state index is -0.367. The maximum Gasteiger partial charge on any atom is 0.165 e. The zero-order valence-electron chi connectivity index (χ0n) is 8.86. The summed E-state index contributed by atoms with van der Waals surface area (Å²) in [7, 11) is 0. The van der Waals surface area contributed by atoms with Crippen molar-refractivity contribution in [2.75, 3.05) is 0 Å². The summed E-state index contributed by atoms with van der Waals surface area (Å²) in [5.74, 6) is -0.467. The van der Waals surface area contributed by atoms with Crippen LogP contribution in [-0.4, -0.2) is 5.78 Å². The number of carbonyl (C=O) groups excluding carboxylic acids is 1. The third kappa shape index (κ3) is 2.19. The summed E-state index contributed by atoms with van der Waals surface area (Å²) in [6.45, 7) is 5.47. The Morgan fingerprint density at radius 2 is 2.00 bits per heavy atom. The highest BCUT2D eigenvalue weighted by atomic mass is 19.1. The van der Waals surface area contributed by atoms with Gasteiger partial charge >= 0.3 is 0 Å². The number of halogens is 1. The first kappa shape index (κ1) is 10.9. The average Bonchev–Trinajstić information content (AvgIpc) is 2.11. The number of Topliss-reactive ketones (excluding diaryl/α,β-unsaturated/α-hetero) is 1. The van der Waals surface area contributed by atoms with E-state index in [0.29, 0.717) is 12.0 Å². The molecule has 0 heterocycles. The van der Waals surface area contributed by atoms with Crippen LogP contribution in [0.5, 0.6) is 0 Å². The molecular formula is C12H15FO. The van der Waals surface area contributed by atoms with Crippen molar-refractivity contribution in [2.24, 2.45) is 0 Å². The minimum Gasteiger partial charge on any atom is -0.294 e. The van der Waals surface area contributed by atoms with E-state index in [2.05, 4.69) is 0 Å². The molecule has 0 saturated carbocycles. The highest BCUT2D eigenvalue weighted by molar-refractivity contribution is 5.96. The Hall–Kier alpha value is -1.18. The van der Waals surface area contributed by atoms with Gasteiger partial charge in [0, 0.05) is 6.42 Å². The van der Waals surface area contributed by atoms with Gasteiger partial charge in [-0.05, 0) is 37.5 Å². The van der Waals surface area contributed by atoms with Crippen LogP contribution in [0.2, 0.25) is 0 Å². The monoisotopic (exact) mass is 194 g/mol. The standard InChI is InChI=1S/C12H15FO/c1-4-5-11(14)10-7-8(2)6-9(3)12(10)13/h6-7H,4-5H2,1-3H3. The molecule has 14 heavy (non-hydrogen) atoms. The van der Waals surface area contributed by atoms with Gasteiger partial charge in [0.15, 0.2) is 5.78 Å². The Balaban J connectivity index is 3.13. The van der Waals surface area contributed by atoms with Crippen LogP contribution in [0.15, 0.2) is 12.1 Å². The summed E-state index contributed by atoms with van der Waals surface area (Å²) in [4.78, 5) is 11.5. The van der Waals surface area contributed by atoms with Gasteiger partial charge in [-0.15, -0.1) is 0 Å². The molecule has 1 aromatic rings. The Kier molecular flexibility index (Phi) is 3.39. The first-order chi connectivity index (χ1) is 6.56. The molecule has 2 heteroatoms. The molecule has 76 valence electrons. The number of ketones is 1. The van der Waals surface area contributed by atoms with Crippen LogP contribution < -0.4 is 0 Å². The predicted molar refractivity (Wildman–Crippen MR) is 55.1 cm³/mol. The number of hydrogen-bond donors (Lipinski definition) is 0. The molecule has 0 radical (unpaired) electrons. The van der Waals surface area contributed by atoms with E-state index in [1.807, 2.05) is 13.8 Å². The van der Waals surface area contributed by atoms with Crippen molar-refractivity contribution >= 4 is 5.78 Å². The maximum absolute atomic E-state index is 13.5. The smallest absolute Gasteiger partial charge is 0.165 e. The fourth-order valence-electron chi connectivity index (χ4n) is 1.51. The van der Waals surface area contributed by atoms with Crippen molar-refractivity contribution in [1.29, 1.82) is 0 Å². The van der Waals surface area contributed by atoms with E-state index >= 15 is 0 Å². The lowest BCUT2D eigenvalue weighted by Crippen LogP contribution is -2.04. The first-order valence-corrected chi connectivity index (χ1v) is 4.86. The van der Waals surface area contributed by atoms with Gasteiger partial charge in [-0.25, -0.2) is 4.39 Å². The molecule has 0 spiro atoms. The van der Waals surface area contributed by atoms with Crippen molar-refractivity contribution in [3.8, 4) is 0 Å². The topological polar surface area (TPSA) is 17.1 Å². The molecule has 0 atom stereocenters. The van der Waals surface area contributed by atoms with Gasteiger partial charge < -0.3 is 0 Å². The van der Waals surface area contributed by atoms with Crippen LogP contribution in [0.25, 0.3) is 0 Å². The zero-order chi connectivity index (χ0) is 10.7. The molecule has 0 N–H and O–H groups in total. The van der Waals surface area contributed by atoms with Crippen molar-refractivity contribution in [3.63, 3.8) is 0 Å². The Bertz CT molecular complexity index is 356. The molecule has 0 aliphatic heterocycles. The Labute approximate surface area is 83.9 Å². The third-order valence-electron chi connectivity index (χ3n) is 2.18. The summed E-state index contributed by atoms with van der Waals surface area (Å²) >= 11 is 0. The summed E-state index contributed by atoms with van der Waals surface area (Å²) in [6.07, 6.45) is 1.17. The lowest BCUT2D eigenvalue weighted by atomic mass is 10.0. The molecule has 0 saturated heterocycles. The molecule has 0 bridgehead atoms. The van der Waals surface area contributed by atoms with E-state index in [1.54, 1.807) is 19.1 Å². The fourth-order valence-corrected chi connectivity index (χ4v) is 1.51. The Morgan fingerprint density at radius 3 is 2.57 bits per heavy atom. The van der Waals surface area contributed by atoms with Crippen LogP contribution >= 0.6 is 0 Å². The first-order valence-electron chi connectivity index (χ1n) is 4.86. The van der Waals surface area contributed by atoms with Gasteiger partial charge in [0.2, 0.25) is 0 Å². The van der Waals surface area contributed by atoms with Crippen LogP contribution in [0.1, 0.15) is 41.3 Å². The summed E-state index contributed by atoms with van der Waals surface area (Å²) in [5.41, 5.74) is 1.72. The van der Waals surface area contributed by atoms with Gasteiger partial charge in [0.1, 0.15) is 5.82 Å². The summed E-state index contributed by atoms with van der Waals surface area (Å²) < 4.78 is 13.5. The van der Waals surface area contributed by atoms with Gasteiger partial charge in [-0.2, -0.15) is 0 Å². The van der Waals surface area contributed by atoms with Gasteiger partial charge in [-0.3, -0.25) is 4.79 Å². The molecule has 1 aromatic carbocycles. The zero-order valence-corrected chi connectivity index (χ0v) is 8.86. The number of rotatable bonds is 3. The lowest BCUT2D eigenvalue weighted by molar-refractivity contribution is 0.0977. The molecule has 0 unspecified atom stereocenters. The Morgan fingerprint density at radius 1 is 1.36 bits per heavy atom. The maximum atomic E-state index is 13.5. The normalized spacial score (nSPS) is 10.3. The number of hydrogen-bond acceptors (Lipinski definition) is 1. The average molecular weight is 194 g/mol. The van der Waals surface area contributed by atoms with E-state index in [1.165, 1.54) is 0 Å². The van der Waals surface area contributed by atoms with Crippen molar-refractivity contribution < 1.29 is 9.18 Å². The number of benzene rings is 1. The van der Waals surface area contributed by atoms with Crippen molar-refractivity contribution in [3.05, 3.63) is 34.6 Å². The SMILES string of the molecule is CCCC(=O)c1cc(C)cc(C)c1F. The number of aryl methyl sites for hydroxylation is 2. The summed E-state index contributed by atoms with van der Waals surface area (Å²) in [5, 5.41) is 0. The van der Waals surface area contributed by atoms with E-state index in [-0.39, 0.29) is 17.2 Å². The molecule has 0 aromatic heterocycles. The second-order valence-electron chi connectivity index (χ2n) is 3.62. The minimum absolute atomic E-state index is 0.100. The third-order valence-corrected chi connectivity index (χ3v) is 2.18. The van der Waals surface area contributed by atoms with Gasteiger partial charge in [0.25, 0.3) is 0 Å². The number of carbonyl (C=O) groups is 1. The largest absolute Gasteiger partial charge is 0.294 e. The lowest BCUT2D eigenvalue weighted by Gasteiger charge is -2.05. The molecule has 0 fully saturated rings. The van der Waals surface area contributed by atoms with Crippen LogP contribution in [0.3, 0.4) is 0 Å². The van der Waals surface area contributed by atoms with Crippen molar-refractivity contribution in [2.45, 2.75) is 33.6 Å². The van der Waals surface area contributed by atoms with E-state index in [9.17, 15) is 9.18 Å². The molecule has 0 aliphatic rings. The predicted octanol–water partition coefficient (Wildman–Crippen LogP) is 3.43.